The van der Waals surface area contributed by atoms with E-state index >= 15 is 0 Å². The van der Waals surface area contributed by atoms with E-state index in [0.717, 1.165) is 0 Å². The Hall–Kier alpha value is -1.55. The number of hydrazone groups is 1. The third kappa shape index (κ3) is 1.97. The number of rotatable bonds is 2. The lowest BCUT2D eigenvalue weighted by molar-refractivity contribution is 0.277. The van der Waals surface area contributed by atoms with Crippen molar-refractivity contribution in [2.24, 2.45) is 11.0 Å². The molecule has 1 aliphatic heterocycles. The Bertz CT molecular complexity index is 463. The van der Waals surface area contributed by atoms with Gasteiger partial charge >= 0.3 is 0 Å². The molecule has 0 unspecified atom stereocenters. The molecule has 0 bridgehead atoms. The van der Waals surface area contributed by atoms with Crippen LogP contribution in [0.3, 0.4) is 0 Å². The maximum atomic E-state index is 4.50. The maximum absolute atomic E-state index is 4.50. The van der Waals surface area contributed by atoms with Crippen LogP contribution in [0, 0.1) is 12.8 Å². The zero-order chi connectivity index (χ0) is 12.5. The lowest BCUT2D eigenvalue weighted by Crippen LogP contribution is -2.44. The van der Waals surface area contributed by atoms with Gasteiger partial charge in [-0.2, -0.15) is 0 Å². The van der Waals surface area contributed by atoms with E-state index < -0.39 is 0 Å². The fraction of sp³-hybridized carbons (Fsp3) is 0.500. The van der Waals surface area contributed by atoms with Crippen LogP contribution in [-0.4, -0.2) is 18.0 Å². The Balaban J connectivity index is 1.90. The second kappa shape index (κ2) is 4.61. The van der Waals surface area contributed by atoms with E-state index in [1.165, 1.54) is 42.8 Å². The molecule has 3 rings (SSSR count). The van der Waals surface area contributed by atoms with Crippen molar-refractivity contribution in [3.8, 4) is 0 Å². The van der Waals surface area contributed by atoms with Gasteiger partial charge in [-0.05, 0) is 37.5 Å². The van der Waals surface area contributed by atoms with Gasteiger partial charge in [0, 0.05) is 13.0 Å². The highest BCUT2D eigenvalue weighted by atomic mass is 15.9. The highest BCUT2D eigenvalue weighted by Gasteiger charge is 2.32. The molecule has 2 aliphatic rings. The first-order chi connectivity index (χ1) is 8.75. The summed E-state index contributed by atoms with van der Waals surface area (Å²) in [4.78, 5) is 0. The van der Waals surface area contributed by atoms with E-state index in [2.05, 4.69) is 46.8 Å². The van der Waals surface area contributed by atoms with Crippen LogP contribution in [0.5, 0.6) is 0 Å². The lowest BCUT2D eigenvalue weighted by Gasteiger charge is -2.28. The second-order valence-electron chi connectivity index (χ2n) is 5.23. The SMILES string of the molecule is Cc1cccc(N2C(C3CCCC3)=NNN2C)c1. The summed E-state index contributed by atoms with van der Waals surface area (Å²) < 4.78 is 0. The molecule has 4 nitrogen and oxygen atoms in total. The molecule has 0 radical (unpaired) electrons. The molecule has 0 aromatic heterocycles. The van der Waals surface area contributed by atoms with Crippen molar-refractivity contribution in [1.82, 2.24) is 10.7 Å². The number of aryl methyl sites for hydroxylation is 1. The minimum absolute atomic E-state index is 0.600. The Morgan fingerprint density at radius 1 is 1.28 bits per heavy atom. The van der Waals surface area contributed by atoms with Crippen LogP contribution in [-0.2, 0) is 0 Å². The molecule has 0 atom stereocenters. The molecular weight excluding hydrogens is 224 g/mol. The Morgan fingerprint density at radius 3 is 2.78 bits per heavy atom. The number of anilines is 1. The highest BCUT2D eigenvalue weighted by Crippen LogP contribution is 2.31. The van der Waals surface area contributed by atoms with Crippen molar-refractivity contribution in [1.29, 1.82) is 0 Å². The lowest BCUT2D eigenvalue weighted by atomic mass is 10.1. The average Bonchev–Trinajstić information content (AvgIpc) is 2.97. The summed E-state index contributed by atoms with van der Waals surface area (Å²) in [5.41, 5.74) is 5.53. The van der Waals surface area contributed by atoms with Crippen LogP contribution in [0.4, 0.5) is 5.69 Å². The monoisotopic (exact) mass is 244 g/mol. The first kappa shape index (κ1) is 11.5. The predicted molar refractivity (Wildman–Crippen MR) is 73.9 cm³/mol. The van der Waals surface area contributed by atoms with Gasteiger partial charge in [0.05, 0.1) is 5.69 Å². The molecular formula is C14H20N4. The quantitative estimate of drug-likeness (QED) is 0.867. The van der Waals surface area contributed by atoms with Crippen molar-refractivity contribution < 1.29 is 0 Å². The van der Waals surface area contributed by atoms with Gasteiger partial charge in [-0.25, -0.2) is 10.5 Å². The molecule has 1 heterocycles. The number of hydrogen-bond donors (Lipinski definition) is 1. The van der Waals surface area contributed by atoms with Crippen molar-refractivity contribution in [3.63, 3.8) is 0 Å². The molecule has 1 aromatic carbocycles. The van der Waals surface area contributed by atoms with E-state index in [9.17, 15) is 0 Å². The number of hydrogen-bond acceptors (Lipinski definition) is 4. The Kier molecular flexibility index (Phi) is 2.96. The topological polar surface area (TPSA) is 30.9 Å². The molecule has 0 amide bonds. The number of amidine groups is 1. The number of nitrogens with one attached hydrogen (secondary N) is 1. The van der Waals surface area contributed by atoms with Gasteiger partial charge in [0.2, 0.25) is 0 Å². The van der Waals surface area contributed by atoms with Gasteiger partial charge in [-0.3, -0.25) is 0 Å². The Morgan fingerprint density at radius 2 is 2.06 bits per heavy atom. The molecule has 0 saturated heterocycles. The van der Waals surface area contributed by atoms with Crippen LogP contribution in [0.25, 0.3) is 0 Å². The second-order valence-corrected chi connectivity index (χ2v) is 5.23. The molecule has 1 fully saturated rings. The van der Waals surface area contributed by atoms with Gasteiger partial charge in [0.25, 0.3) is 0 Å². The molecule has 1 saturated carbocycles. The standard InChI is InChI=1S/C14H20N4/c1-11-6-5-9-13(10-11)18-14(15-16-17(18)2)12-7-3-4-8-12/h5-6,9-10,12,16H,3-4,7-8H2,1-2H3. The molecule has 1 N–H and O–H groups in total. The summed E-state index contributed by atoms with van der Waals surface area (Å²) in [5.74, 6) is 1.77. The van der Waals surface area contributed by atoms with E-state index in [0.29, 0.717) is 5.92 Å². The summed E-state index contributed by atoms with van der Waals surface area (Å²) in [5, 5.41) is 8.66. The van der Waals surface area contributed by atoms with E-state index in [1.54, 1.807) is 0 Å². The number of nitrogens with zero attached hydrogens (tertiary/aromatic N) is 3. The minimum Gasteiger partial charge on any atom is -0.240 e. The number of hydrazine groups is 2. The van der Waals surface area contributed by atoms with Crippen LogP contribution >= 0.6 is 0 Å². The first-order valence-electron chi connectivity index (χ1n) is 6.69. The molecule has 96 valence electrons. The Labute approximate surface area is 108 Å². The number of benzene rings is 1. The van der Waals surface area contributed by atoms with Gasteiger partial charge in [0.15, 0.2) is 0 Å². The van der Waals surface area contributed by atoms with Crippen LogP contribution < -0.4 is 10.5 Å². The molecule has 0 spiro atoms. The minimum atomic E-state index is 0.600. The van der Waals surface area contributed by atoms with E-state index in [1.807, 2.05) is 12.2 Å². The van der Waals surface area contributed by atoms with Gasteiger partial charge in [0.1, 0.15) is 5.84 Å². The van der Waals surface area contributed by atoms with Crippen molar-refractivity contribution in [3.05, 3.63) is 29.8 Å². The van der Waals surface area contributed by atoms with Gasteiger partial charge in [-0.1, -0.05) is 25.0 Å². The largest absolute Gasteiger partial charge is 0.240 e. The summed E-state index contributed by atoms with van der Waals surface area (Å²) in [6, 6.07) is 8.57. The normalized spacial score (nSPS) is 21.2. The average molecular weight is 244 g/mol. The fourth-order valence-electron chi connectivity index (χ4n) is 2.88. The molecule has 18 heavy (non-hydrogen) atoms. The highest BCUT2D eigenvalue weighted by molar-refractivity contribution is 5.99. The summed E-state index contributed by atoms with van der Waals surface area (Å²) >= 11 is 0. The summed E-state index contributed by atoms with van der Waals surface area (Å²) in [6.07, 6.45) is 5.18. The predicted octanol–water partition coefficient (Wildman–Crippen LogP) is 2.67. The fourth-order valence-corrected chi connectivity index (χ4v) is 2.88. The maximum Gasteiger partial charge on any atom is 0.150 e. The smallest absolute Gasteiger partial charge is 0.150 e. The van der Waals surface area contributed by atoms with Crippen molar-refractivity contribution in [2.75, 3.05) is 12.1 Å². The third-order valence-electron chi connectivity index (χ3n) is 3.79. The van der Waals surface area contributed by atoms with Crippen LogP contribution in [0.15, 0.2) is 29.4 Å². The first-order valence-corrected chi connectivity index (χ1v) is 6.69. The summed E-state index contributed by atoms with van der Waals surface area (Å²) in [6.45, 7) is 2.12. The van der Waals surface area contributed by atoms with Crippen molar-refractivity contribution >= 4 is 11.5 Å². The van der Waals surface area contributed by atoms with Crippen LogP contribution in [0.1, 0.15) is 31.2 Å². The van der Waals surface area contributed by atoms with Crippen LogP contribution in [0.2, 0.25) is 0 Å². The van der Waals surface area contributed by atoms with Gasteiger partial charge < -0.3 is 0 Å². The molecule has 1 aliphatic carbocycles. The summed E-state index contributed by atoms with van der Waals surface area (Å²) in [7, 11) is 2.01. The molecule has 4 heteroatoms. The third-order valence-corrected chi connectivity index (χ3v) is 3.79. The zero-order valence-corrected chi connectivity index (χ0v) is 11.1. The molecule has 1 aromatic rings. The zero-order valence-electron chi connectivity index (χ0n) is 11.1. The van der Waals surface area contributed by atoms with E-state index in [-0.39, 0.29) is 0 Å². The van der Waals surface area contributed by atoms with Gasteiger partial charge in [-0.15, -0.1) is 10.2 Å². The van der Waals surface area contributed by atoms with E-state index in [4.69, 9.17) is 0 Å². The van der Waals surface area contributed by atoms with Crippen molar-refractivity contribution in [2.45, 2.75) is 32.6 Å².